The Morgan fingerprint density at radius 1 is 0.947 bits per heavy atom. The van der Waals surface area contributed by atoms with Crippen molar-refractivity contribution in [2.24, 2.45) is 0 Å². The van der Waals surface area contributed by atoms with Crippen molar-refractivity contribution in [2.45, 2.75) is 6.42 Å². The van der Waals surface area contributed by atoms with Gasteiger partial charge in [0.05, 0.1) is 0 Å². The van der Waals surface area contributed by atoms with Gasteiger partial charge in [-0.3, -0.25) is 0 Å². The fraction of sp³-hybridized carbons (Fsp3) is 0.176. The normalized spacial score (nSPS) is 12.8. The third-order valence-corrected chi connectivity index (χ3v) is 5.73. The van der Waals surface area contributed by atoms with Crippen molar-refractivity contribution in [2.75, 3.05) is 13.6 Å². The van der Waals surface area contributed by atoms with Crippen LogP contribution >= 0.6 is 0 Å². The maximum atomic E-state index is 3.21. The van der Waals surface area contributed by atoms with Gasteiger partial charge in [0.15, 0.2) is 0 Å². The van der Waals surface area contributed by atoms with Crippen molar-refractivity contribution >= 4 is 29.5 Å². The maximum absolute atomic E-state index is 3.21. The van der Waals surface area contributed by atoms with E-state index in [-0.39, 0.29) is 0 Å². The molecule has 1 heterocycles. The Labute approximate surface area is 120 Å². The number of hydrogen-bond acceptors (Lipinski definition) is 1. The minimum atomic E-state index is 0.438. The number of hydrogen-bond donors (Lipinski definition) is 1. The van der Waals surface area contributed by atoms with Crippen LogP contribution in [0.1, 0.15) is 17.5 Å². The van der Waals surface area contributed by atoms with Crippen LogP contribution in [0.5, 0.6) is 0 Å². The van der Waals surface area contributed by atoms with Crippen molar-refractivity contribution in [1.29, 1.82) is 0 Å². The van der Waals surface area contributed by atoms with Crippen LogP contribution in [-0.2, 0) is 0 Å². The second-order valence-corrected chi connectivity index (χ2v) is 6.88. The number of nitrogens with one attached hydrogen (secondary N) is 1. The van der Waals surface area contributed by atoms with Crippen LogP contribution in [0.2, 0.25) is 0 Å². The predicted octanol–water partition coefficient (Wildman–Crippen LogP) is 1.70. The quantitative estimate of drug-likeness (QED) is 0.573. The van der Waals surface area contributed by atoms with Gasteiger partial charge in [-0.05, 0) is 0 Å². The summed E-state index contributed by atoms with van der Waals surface area (Å²) in [6.45, 7) is 1.03. The molecule has 96 valence electrons. The van der Waals surface area contributed by atoms with Gasteiger partial charge < -0.3 is 0 Å². The Morgan fingerprint density at radius 2 is 1.53 bits per heavy atom. The molecular weight excluding hydrogens is 297 g/mol. The van der Waals surface area contributed by atoms with Crippen LogP contribution in [-0.4, -0.2) is 28.5 Å². The van der Waals surface area contributed by atoms with Crippen molar-refractivity contribution < 1.29 is 0 Å². The summed E-state index contributed by atoms with van der Waals surface area (Å²) in [7, 11) is 2.00. The zero-order chi connectivity index (χ0) is 13.1. The first kappa shape index (κ1) is 12.7. The topological polar surface area (TPSA) is 12.0 Å². The Bertz CT molecular complexity index is 569. The fourth-order valence-electron chi connectivity index (χ4n) is 2.40. The van der Waals surface area contributed by atoms with E-state index in [0.29, 0.717) is 15.0 Å². The fourth-order valence-corrected chi connectivity index (χ4v) is 4.72. The molecule has 1 N–H and O–H groups in total. The first-order valence-corrected chi connectivity index (χ1v) is 8.33. The second-order valence-electron chi connectivity index (χ2n) is 4.60. The Hall–Kier alpha value is -1.34. The van der Waals surface area contributed by atoms with Gasteiger partial charge in [0.25, 0.3) is 0 Å². The summed E-state index contributed by atoms with van der Waals surface area (Å²) in [5.74, 6) is 0. The molecule has 0 saturated heterocycles. The molecule has 0 aromatic heterocycles. The molecule has 0 bridgehead atoms. The van der Waals surface area contributed by atoms with Crippen LogP contribution < -0.4 is 14.2 Å². The zero-order valence-electron chi connectivity index (χ0n) is 11.0. The number of rotatable bonds is 3. The molecule has 2 aromatic rings. The molecule has 3 rings (SSSR count). The zero-order valence-corrected chi connectivity index (χ0v) is 12.7. The summed E-state index contributed by atoms with van der Waals surface area (Å²) in [5, 5.41) is 3.21. The van der Waals surface area contributed by atoms with Gasteiger partial charge >= 0.3 is 121 Å². The molecule has 0 radical (unpaired) electrons. The van der Waals surface area contributed by atoms with E-state index in [1.54, 1.807) is 0 Å². The van der Waals surface area contributed by atoms with E-state index in [0.717, 1.165) is 13.0 Å². The number of fused-ring (bicyclic) bond motifs is 2. The summed E-state index contributed by atoms with van der Waals surface area (Å²) in [6, 6.07) is 17.7. The van der Waals surface area contributed by atoms with E-state index in [2.05, 4.69) is 59.9 Å². The molecule has 2 heteroatoms. The average Bonchev–Trinajstić information content (AvgIpc) is 2.46. The molecule has 0 aliphatic carbocycles. The van der Waals surface area contributed by atoms with E-state index in [9.17, 15) is 0 Å². The summed E-state index contributed by atoms with van der Waals surface area (Å²) in [4.78, 5) is 0. The summed E-state index contributed by atoms with van der Waals surface area (Å²) < 4.78 is 3.01. The third-order valence-electron chi connectivity index (χ3n) is 3.32. The van der Waals surface area contributed by atoms with Gasteiger partial charge in [0, 0.05) is 0 Å². The first-order valence-electron chi connectivity index (χ1n) is 6.61. The van der Waals surface area contributed by atoms with Crippen LogP contribution in [0, 0.1) is 0 Å². The van der Waals surface area contributed by atoms with Crippen LogP contribution in [0.15, 0.2) is 54.6 Å². The molecule has 1 aliphatic rings. The van der Waals surface area contributed by atoms with Gasteiger partial charge in [0.2, 0.25) is 0 Å². The standard InChI is InChI=1S/C17H17NSe/c1-18-12-6-9-13-14-7-2-4-10-16(14)19-17-11-5-3-8-15(13)17/h2-5,7-11,18H,6,12H2,1H3. The third kappa shape index (κ3) is 2.52. The van der Waals surface area contributed by atoms with E-state index >= 15 is 0 Å². The molecule has 19 heavy (non-hydrogen) atoms. The van der Waals surface area contributed by atoms with Gasteiger partial charge in [-0.25, -0.2) is 0 Å². The van der Waals surface area contributed by atoms with Crippen molar-refractivity contribution in [3.8, 4) is 0 Å². The van der Waals surface area contributed by atoms with E-state index in [1.165, 1.54) is 25.6 Å². The molecule has 0 atom stereocenters. The van der Waals surface area contributed by atoms with E-state index in [4.69, 9.17) is 0 Å². The molecule has 1 nitrogen and oxygen atoms in total. The SMILES string of the molecule is CNCCC=C1c2ccccc2[Se]c2ccccc21. The monoisotopic (exact) mass is 315 g/mol. The predicted molar refractivity (Wildman–Crippen MR) is 83.5 cm³/mol. The molecule has 2 aromatic carbocycles. The molecular formula is C17H17NSe. The van der Waals surface area contributed by atoms with Crippen LogP contribution in [0.4, 0.5) is 0 Å². The summed E-state index contributed by atoms with van der Waals surface area (Å²) >= 11 is 0.438. The van der Waals surface area contributed by atoms with Gasteiger partial charge in [0.1, 0.15) is 0 Å². The van der Waals surface area contributed by atoms with E-state index in [1.807, 2.05) is 7.05 Å². The molecule has 1 aliphatic heterocycles. The molecule has 0 saturated carbocycles. The first-order chi connectivity index (χ1) is 9.40. The van der Waals surface area contributed by atoms with Crippen molar-refractivity contribution in [3.63, 3.8) is 0 Å². The molecule has 0 amide bonds. The summed E-state index contributed by atoms with van der Waals surface area (Å²) in [6.07, 6.45) is 3.45. The number of benzene rings is 2. The second kappa shape index (κ2) is 5.75. The Kier molecular flexibility index (Phi) is 3.84. The van der Waals surface area contributed by atoms with E-state index < -0.39 is 0 Å². The van der Waals surface area contributed by atoms with Crippen LogP contribution in [0.25, 0.3) is 5.57 Å². The summed E-state index contributed by atoms with van der Waals surface area (Å²) in [5.41, 5.74) is 4.27. The van der Waals surface area contributed by atoms with Crippen molar-refractivity contribution in [1.82, 2.24) is 5.32 Å². The van der Waals surface area contributed by atoms with Crippen LogP contribution in [0.3, 0.4) is 0 Å². The van der Waals surface area contributed by atoms with Gasteiger partial charge in [-0.15, -0.1) is 0 Å². The molecule has 0 unspecified atom stereocenters. The Morgan fingerprint density at radius 3 is 2.11 bits per heavy atom. The van der Waals surface area contributed by atoms with Crippen molar-refractivity contribution in [3.05, 3.63) is 65.7 Å². The molecule has 0 spiro atoms. The Balaban J connectivity index is 2.09. The van der Waals surface area contributed by atoms with Gasteiger partial charge in [-0.1, -0.05) is 0 Å². The minimum absolute atomic E-state index is 0.438. The molecule has 0 fully saturated rings. The van der Waals surface area contributed by atoms with Gasteiger partial charge in [-0.2, -0.15) is 0 Å². The average molecular weight is 314 g/mol.